The van der Waals surface area contributed by atoms with Gasteiger partial charge in [-0.1, -0.05) is 11.6 Å². The molecular formula is C15H11ClN2O4. The molecule has 2 fully saturated rings. The molecule has 0 spiro atoms. The zero-order valence-electron chi connectivity index (χ0n) is 11.2. The molecule has 2 saturated heterocycles. The van der Waals surface area contributed by atoms with E-state index in [1.54, 1.807) is 41.5 Å². The van der Waals surface area contributed by atoms with E-state index in [-0.39, 0.29) is 5.91 Å². The maximum atomic E-state index is 12.1. The number of fused-ring (bicyclic) bond motifs is 1. The maximum absolute atomic E-state index is 12.1. The third kappa shape index (κ3) is 1.92. The van der Waals surface area contributed by atoms with Crippen molar-refractivity contribution in [2.45, 2.75) is 12.1 Å². The number of rotatable bonds is 2. The number of anilines is 1. The molecule has 4 rings (SSSR count). The van der Waals surface area contributed by atoms with Gasteiger partial charge in [0, 0.05) is 5.02 Å². The highest BCUT2D eigenvalue weighted by molar-refractivity contribution is 6.30. The number of hydrogen-bond acceptors (Lipinski definition) is 5. The van der Waals surface area contributed by atoms with Crippen LogP contribution in [0.5, 0.6) is 0 Å². The average molecular weight is 319 g/mol. The molecule has 3 heterocycles. The van der Waals surface area contributed by atoms with E-state index in [2.05, 4.69) is 5.32 Å². The van der Waals surface area contributed by atoms with Crippen molar-refractivity contribution in [3.63, 3.8) is 0 Å². The van der Waals surface area contributed by atoms with Gasteiger partial charge < -0.3 is 4.42 Å². The molecule has 22 heavy (non-hydrogen) atoms. The topological polar surface area (TPSA) is 71.8 Å². The molecule has 0 bridgehead atoms. The fourth-order valence-corrected chi connectivity index (χ4v) is 3.02. The largest absolute Gasteiger partial charge is 0.467 e. The Labute approximate surface area is 130 Å². The van der Waals surface area contributed by atoms with Crippen molar-refractivity contribution in [2.75, 3.05) is 5.06 Å². The Hall–Kier alpha value is -2.31. The van der Waals surface area contributed by atoms with Crippen molar-refractivity contribution >= 4 is 29.1 Å². The highest BCUT2D eigenvalue weighted by Crippen LogP contribution is 2.44. The van der Waals surface area contributed by atoms with Crippen LogP contribution < -0.4 is 10.4 Å². The van der Waals surface area contributed by atoms with E-state index in [1.807, 2.05) is 0 Å². The van der Waals surface area contributed by atoms with Crippen LogP contribution in [0.15, 0.2) is 47.1 Å². The SMILES string of the molecule is O=C1NC(=O)[C@H]2ON(c3ccc(Cl)cc3)[C@@H](c3ccco3)[C@H]12. The lowest BCUT2D eigenvalue weighted by molar-refractivity contribution is -0.129. The van der Waals surface area contributed by atoms with Gasteiger partial charge in [0.15, 0.2) is 6.10 Å². The number of benzene rings is 1. The zero-order valence-corrected chi connectivity index (χ0v) is 12.0. The molecule has 1 aromatic carbocycles. The Morgan fingerprint density at radius 3 is 2.55 bits per heavy atom. The molecule has 2 aromatic rings. The number of furan rings is 1. The van der Waals surface area contributed by atoms with Crippen LogP contribution in [0.3, 0.4) is 0 Å². The van der Waals surface area contributed by atoms with E-state index in [0.717, 1.165) is 0 Å². The van der Waals surface area contributed by atoms with Crippen LogP contribution in [0.25, 0.3) is 0 Å². The van der Waals surface area contributed by atoms with Crippen molar-refractivity contribution in [2.24, 2.45) is 5.92 Å². The predicted molar refractivity (Wildman–Crippen MR) is 76.9 cm³/mol. The van der Waals surface area contributed by atoms with Gasteiger partial charge in [-0.25, -0.2) is 5.06 Å². The second kappa shape index (κ2) is 4.86. The first kappa shape index (κ1) is 13.4. The summed E-state index contributed by atoms with van der Waals surface area (Å²) in [4.78, 5) is 29.7. The fraction of sp³-hybridized carbons (Fsp3) is 0.200. The molecule has 1 aromatic heterocycles. The van der Waals surface area contributed by atoms with Gasteiger partial charge in [0.2, 0.25) is 5.91 Å². The summed E-state index contributed by atoms with van der Waals surface area (Å²) in [5.41, 5.74) is 0.695. The van der Waals surface area contributed by atoms with Crippen LogP contribution >= 0.6 is 11.6 Å². The van der Waals surface area contributed by atoms with E-state index >= 15 is 0 Å². The second-order valence-electron chi connectivity index (χ2n) is 5.17. The number of halogens is 1. The van der Waals surface area contributed by atoms with Crippen LogP contribution in [-0.4, -0.2) is 17.9 Å². The molecule has 2 aliphatic heterocycles. The van der Waals surface area contributed by atoms with Crippen LogP contribution in [0.1, 0.15) is 11.8 Å². The van der Waals surface area contributed by atoms with Crippen molar-refractivity contribution in [3.05, 3.63) is 53.4 Å². The van der Waals surface area contributed by atoms with Crippen molar-refractivity contribution < 1.29 is 18.8 Å². The molecule has 2 amide bonds. The third-order valence-corrected chi connectivity index (χ3v) is 4.12. The number of amides is 2. The van der Waals surface area contributed by atoms with Crippen LogP contribution in [0, 0.1) is 5.92 Å². The highest BCUT2D eigenvalue weighted by Gasteiger charge is 2.57. The number of nitrogens with one attached hydrogen (secondary N) is 1. The monoisotopic (exact) mass is 318 g/mol. The van der Waals surface area contributed by atoms with Gasteiger partial charge in [-0.2, -0.15) is 0 Å². The first-order valence-electron chi connectivity index (χ1n) is 6.75. The molecule has 1 N–H and O–H groups in total. The number of hydroxylamine groups is 1. The molecule has 0 radical (unpaired) electrons. The van der Waals surface area contributed by atoms with Gasteiger partial charge >= 0.3 is 0 Å². The smallest absolute Gasteiger partial charge is 0.259 e. The highest BCUT2D eigenvalue weighted by atomic mass is 35.5. The van der Waals surface area contributed by atoms with E-state index in [0.29, 0.717) is 16.5 Å². The first-order valence-corrected chi connectivity index (χ1v) is 7.12. The van der Waals surface area contributed by atoms with Crippen LogP contribution in [-0.2, 0) is 14.4 Å². The van der Waals surface area contributed by atoms with E-state index in [9.17, 15) is 9.59 Å². The summed E-state index contributed by atoms with van der Waals surface area (Å²) >= 11 is 5.90. The van der Waals surface area contributed by atoms with E-state index in [4.69, 9.17) is 20.9 Å². The molecule has 0 aliphatic carbocycles. The Morgan fingerprint density at radius 1 is 1.09 bits per heavy atom. The average Bonchev–Trinajstić information content (AvgIpc) is 3.19. The fourth-order valence-electron chi connectivity index (χ4n) is 2.89. The van der Waals surface area contributed by atoms with Crippen molar-refractivity contribution in [3.8, 4) is 0 Å². The number of hydrogen-bond donors (Lipinski definition) is 1. The Kier molecular flexibility index (Phi) is 2.95. The number of nitrogens with zero attached hydrogens (tertiary/aromatic N) is 1. The summed E-state index contributed by atoms with van der Waals surface area (Å²) < 4.78 is 5.45. The summed E-state index contributed by atoms with van der Waals surface area (Å²) in [5, 5.41) is 4.43. The van der Waals surface area contributed by atoms with Gasteiger partial charge in [-0.15, -0.1) is 0 Å². The zero-order chi connectivity index (χ0) is 15.3. The number of imide groups is 1. The lowest BCUT2D eigenvalue weighted by Gasteiger charge is -2.25. The van der Waals surface area contributed by atoms with Crippen LogP contribution in [0.4, 0.5) is 5.69 Å². The van der Waals surface area contributed by atoms with E-state index < -0.39 is 24.0 Å². The lowest BCUT2D eigenvalue weighted by Crippen LogP contribution is -2.33. The summed E-state index contributed by atoms with van der Waals surface area (Å²) in [5.74, 6) is -0.863. The normalized spacial score (nSPS) is 27.1. The Balaban J connectivity index is 1.78. The van der Waals surface area contributed by atoms with Gasteiger partial charge in [0.25, 0.3) is 5.91 Å². The molecule has 7 heteroatoms. The molecule has 0 saturated carbocycles. The van der Waals surface area contributed by atoms with Gasteiger partial charge in [0.1, 0.15) is 17.7 Å². The summed E-state index contributed by atoms with van der Waals surface area (Å²) in [6.45, 7) is 0. The number of carbonyl (C=O) groups is 2. The lowest BCUT2D eigenvalue weighted by atomic mass is 9.94. The van der Waals surface area contributed by atoms with E-state index in [1.165, 1.54) is 6.26 Å². The quantitative estimate of drug-likeness (QED) is 0.858. The Bertz CT molecular complexity index is 729. The first-order chi connectivity index (χ1) is 10.6. The standard InChI is InChI=1S/C15H11ClN2O4/c16-8-3-5-9(6-4-8)18-12(10-2-1-7-21-10)11-13(22-18)15(20)17-14(11)19/h1-7,11-13H,(H,17,19,20)/t11-,12-,13-/m0/s1. The Morgan fingerprint density at radius 2 is 1.86 bits per heavy atom. The van der Waals surface area contributed by atoms with Gasteiger partial charge in [-0.3, -0.25) is 19.7 Å². The molecule has 6 nitrogen and oxygen atoms in total. The minimum Gasteiger partial charge on any atom is -0.467 e. The summed E-state index contributed by atoms with van der Waals surface area (Å²) in [7, 11) is 0. The summed E-state index contributed by atoms with van der Waals surface area (Å²) in [6.07, 6.45) is 0.676. The van der Waals surface area contributed by atoms with Gasteiger partial charge in [0.05, 0.1) is 12.0 Å². The predicted octanol–water partition coefficient (Wildman–Crippen LogP) is 2.07. The number of carbonyl (C=O) groups excluding carboxylic acids is 2. The maximum Gasteiger partial charge on any atom is 0.259 e. The molecule has 112 valence electrons. The summed E-state index contributed by atoms with van der Waals surface area (Å²) in [6, 6.07) is 9.95. The molecular weight excluding hydrogens is 308 g/mol. The van der Waals surface area contributed by atoms with Crippen LogP contribution in [0.2, 0.25) is 5.02 Å². The minimum atomic E-state index is -0.849. The van der Waals surface area contributed by atoms with Crippen molar-refractivity contribution in [1.82, 2.24) is 5.32 Å². The third-order valence-electron chi connectivity index (χ3n) is 3.87. The molecule has 2 aliphatic rings. The minimum absolute atomic E-state index is 0.354. The molecule has 0 unspecified atom stereocenters. The second-order valence-corrected chi connectivity index (χ2v) is 5.60. The van der Waals surface area contributed by atoms with Gasteiger partial charge in [-0.05, 0) is 36.4 Å². The van der Waals surface area contributed by atoms with Crippen molar-refractivity contribution in [1.29, 1.82) is 0 Å². The molecule has 3 atom stereocenters.